The van der Waals surface area contributed by atoms with Gasteiger partial charge in [-0.05, 0) is 25.0 Å². The summed E-state index contributed by atoms with van der Waals surface area (Å²) in [6, 6.07) is 7.97. The number of amides is 1. The van der Waals surface area contributed by atoms with E-state index >= 15 is 0 Å². The Labute approximate surface area is 95.0 Å². The number of rotatable bonds is 5. The van der Waals surface area contributed by atoms with E-state index in [4.69, 9.17) is 4.74 Å². The summed E-state index contributed by atoms with van der Waals surface area (Å²) in [7, 11) is 1.62. The molecular formula is C12H16N2O2. The Morgan fingerprint density at radius 3 is 2.88 bits per heavy atom. The first kappa shape index (κ1) is 10.8. The average molecular weight is 220 g/mol. The zero-order valence-electron chi connectivity index (χ0n) is 9.32. The van der Waals surface area contributed by atoms with Gasteiger partial charge in [0.25, 0.3) is 0 Å². The van der Waals surface area contributed by atoms with Gasteiger partial charge in [-0.3, -0.25) is 4.79 Å². The summed E-state index contributed by atoms with van der Waals surface area (Å²) >= 11 is 0. The molecule has 2 N–H and O–H groups in total. The molecule has 1 aliphatic carbocycles. The summed E-state index contributed by atoms with van der Waals surface area (Å²) in [5, 5.41) is 5.98. The van der Waals surface area contributed by atoms with Crippen LogP contribution in [0.25, 0.3) is 0 Å². The van der Waals surface area contributed by atoms with Gasteiger partial charge in [-0.2, -0.15) is 0 Å². The number of anilines is 1. The molecule has 1 fully saturated rings. The van der Waals surface area contributed by atoms with Crippen molar-refractivity contribution >= 4 is 11.6 Å². The standard InChI is InChI=1S/C12H16N2O2/c1-16-11-5-3-2-4-10(11)13-8-12(15)14-9-6-7-9/h2-5,9,13H,6-8H2,1H3,(H,14,15). The van der Waals surface area contributed by atoms with Crippen molar-refractivity contribution in [3.63, 3.8) is 0 Å². The average Bonchev–Trinajstić information content (AvgIpc) is 3.10. The van der Waals surface area contributed by atoms with Crippen molar-refractivity contribution in [1.82, 2.24) is 5.32 Å². The molecule has 0 radical (unpaired) electrons. The van der Waals surface area contributed by atoms with E-state index in [-0.39, 0.29) is 12.5 Å². The molecule has 0 bridgehead atoms. The molecule has 1 aromatic carbocycles. The lowest BCUT2D eigenvalue weighted by atomic mass is 10.3. The van der Waals surface area contributed by atoms with Gasteiger partial charge in [0, 0.05) is 6.04 Å². The first-order valence-electron chi connectivity index (χ1n) is 5.46. The lowest BCUT2D eigenvalue weighted by Gasteiger charge is -2.10. The highest BCUT2D eigenvalue weighted by Crippen LogP contribution is 2.22. The number of methoxy groups -OCH3 is 1. The molecule has 0 unspecified atom stereocenters. The molecule has 1 amide bonds. The molecule has 1 aromatic rings. The summed E-state index contributed by atoms with van der Waals surface area (Å²) in [6.07, 6.45) is 2.22. The number of para-hydroxylation sites is 2. The van der Waals surface area contributed by atoms with Gasteiger partial charge >= 0.3 is 0 Å². The lowest BCUT2D eigenvalue weighted by Crippen LogP contribution is -2.31. The fraction of sp³-hybridized carbons (Fsp3) is 0.417. The number of carbonyl (C=O) groups excluding carboxylic acids is 1. The number of ether oxygens (including phenoxy) is 1. The van der Waals surface area contributed by atoms with Crippen LogP contribution in [0.5, 0.6) is 5.75 Å². The summed E-state index contributed by atoms with van der Waals surface area (Å²) in [5.74, 6) is 0.787. The zero-order valence-corrected chi connectivity index (χ0v) is 9.32. The first-order valence-corrected chi connectivity index (χ1v) is 5.46. The summed E-state index contributed by atoms with van der Waals surface area (Å²) < 4.78 is 5.18. The minimum absolute atomic E-state index is 0.0356. The second-order valence-electron chi connectivity index (χ2n) is 3.90. The SMILES string of the molecule is COc1ccccc1NCC(=O)NC1CC1. The maximum absolute atomic E-state index is 11.5. The van der Waals surface area contributed by atoms with Crippen LogP contribution in [0.1, 0.15) is 12.8 Å². The van der Waals surface area contributed by atoms with Crippen LogP contribution in [0, 0.1) is 0 Å². The van der Waals surface area contributed by atoms with Gasteiger partial charge in [-0.15, -0.1) is 0 Å². The van der Waals surface area contributed by atoms with Crippen molar-refractivity contribution in [3.05, 3.63) is 24.3 Å². The second kappa shape index (κ2) is 4.88. The minimum Gasteiger partial charge on any atom is -0.495 e. The number of benzene rings is 1. The predicted molar refractivity (Wildman–Crippen MR) is 62.6 cm³/mol. The van der Waals surface area contributed by atoms with Gasteiger partial charge in [-0.25, -0.2) is 0 Å². The molecule has 2 rings (SSSR count). The molecule has 1 saturated carbocycles. The smallest absolute Gasteiger partial charge is 0.239 e. The van der Waals surface area contributed by atoms with Crippen molar-refractivity contribution in [2.45, 2.75) is 18.9 Å². The maximum atomic E-state index is 11.5. The third kappa shape index (κ3) is 2.89. The van der Waals surface area contributed by atoms with Crippen LogP contribution >= 0.6 is 0 Å². The topological polar surface area (TPSA) is 50.4 Å². The summed E-state index contributed by atoms with van der Waals surface area (Å²) in [4.78, 5) is 11.5. The molecule has 0 saturated heterocycles. The van der Waals surface area contributed by atoms with Crippen LogP contribution in [0.15, 0.2) is 24.3 Å². The third-order valence-electron chi connectivity index (χ3n) is 2.49. The van der Waals surface area contributed by atoms with E-state index in [0.717, 1.165) is 24.3 Å². The Balaban J connectivity index is 1.85. The van der Waals surface area contributed by atoms with E-state index in [1.807, 2.05) is 24.3 Å². The van der Waals surface area contributed by atoms with Crippen molar-refractivity contribution in [2.24, 2.45) is 0 Å². The molecule has 4 nitrogen and oxygen atoms in total. The van der Waals surface area contributed by atoms with Crippen LogP contribution in [0.4, 0.5) is 5.69 Å². The number of hydrogen-bond donors (Lipinski definition) is 2. The molecule has 0 aromatic heterocycles. The van der Waals surface area contributed by atoms with Gasteiger partial charge < -0.3 is 15.4 Å². The quantitative estimate of drug-likeness (QED) is 0.788. The number of carbonyl (C=O) groups is 1. The van der Waals surface area contributed by atoms with E-state index in [0.29, 0.717) is 6.04 Å². The molecule has 1 aliphatic rings. The van der Waals surface area contributed by atoms with E-state index in [1.165, 1.54) is 0 Å². The van der Waals surface area contributed by atoms with Gasteiger partial charge in [0.2, 0.25) is 5.91 Å². The van der Waals surface area contributed by atoms with Gasteiger partial charge in [0.05, 0.1) is 19.3 Å². The molecule has 16 heavy (non-hydrogen) atoms. The van der Waals surface area contributed by atoms with Crippen LogP contribution in [0.3, 0.4) is 0 Å². The third-order valence-corrected chi connectivity index (χ3v) is 2.49. The second-order valence-corrected chi connectivity index (χ2v) is 3.90. The highest BCUT2D eigenvalue weighted by Gasteiger charge is 2.22. The minimum atomic E-state index is 0.0356. The summed E-state index contributed by atoms with van der Waals surface area (Å²) in [6.45, 7) is 0.289. The van der Waals surface area contributed by atoms with Gasteiger partial charge in [0.15, 0.2) is 0 Å². The van der Waals surface area contributed by atoms with Gasteiger partial charge in [-0.1, -0.05) is 12.1 Å². The van der Waals surface area contributed by atoms with Crippen LogP contribution in [-0.2, 0) is 4.79 Å². The molecule has 0 spiro atoms. The fourth-order valence-electron chi connectivity index (χ4n) is 1.47. The molecule has 86 valence electrons. The van der Waals surface area contributed by atoms with Crippen LogP contribution < -0.4 is 15.4 Å². The van der Waals surface area contributed by atoms with Crippen LogP contribution in [0.2, 0.25) is 0 Å². The van der Waals surface area contributed by atoms with E-state index < -0.39 is 0 Å². The van der Waals surface area contributed by atoms with Crippen molar-refractivity contribution in [3.8, 4) is 5.75 Å². The first-order chi connectivity index (χ1) is 7.79. The monoisotopic (exact) mass is 220 g/mol. The van der Waals surface area contributed by atoms with E-state index in [2.05, 4.69) is 10.6 Å². The number of hydrogen-bond acceptors (Lipinski definition) is 3. The van der Waals surface area contributed by atoms with Crippen molar-refractivity contribution in [1.29, 1.82) is 0 Å². The molecular weight excluding hydrogens is 204 g/mol. The Morgan fingerprint density at radius 2 is 2.19 bits per heavy atom. The highest BCUT2D eigenvalue weighted by molar-refractivity contribution is 5.81. The molecule has 0 heterocycles. The Bertz CT molecular complexity index is 375. The number of nitrogens with one attached hydrogen (secondary N) is 2. The molecule has 0 atom stereocenters. The lowest BCUT2D eigenvalue weighted by molar-refractivity contribution is -0.119. The zero-order chi connectivity index (χ0) is 11.4. The molecule has 0 aliphatic heterocycles. The Hall–Kier alpha value is -1.71. The van der Waals surface area contributed by atoms with Crippen molar-refractivity contribution < 1.29 is 9.53 Å². The summed E-state index contributed by atoms with van der Waals surface area (Å²) in [5.41, 5.74) is 0.843. The fourth-order valence-corrected chi connectivity index (χ4v) is 1.47. The largest absolute Gasteiger partial charge is 0.495 e. The Kier molecular flexibility index (Phi) is 3.29. The van der Waals surface area contributed by atoms with Gasteiger partial charge in [0.1, 0.15) is 5.75 Å². The Morgan fingerprint density at radius 1 is 1.44 bits per heavy atom. The van der Waals surface area contributed by atoms with E-state index in [1.54, 1.807) is 7.11 Å². The van der Waals surface area contributed by atoms with Crippen molar-refractivity contribution in [2.75, 3.05) is 19.0 Å². The predicted octanol–water partition coefficient (Wildman–Crippen LogP) is 1.39. The maximum Gasteiger partial charge on any atom is 0.239 e. The van der Waals surface area contributed by atoms with Crippen LogP contribution in [-0.4, -0.2) is 25.6 Å². The highest BCUT2D eigenvalue weighted by atomic mass is 16.5. The molecule has 4 heteroatoms. The van der Waals surface area contributed by atoms with E-state index in [9.17, 15) is 4.79 Å². The normalized spacial score (nSPS) is 14.3.